The average molecular weight is 208 g/mol. The maximum atomic E-state index is 5.29. The predicted octanol–water partition coefficient (Wildman–Crippen LogP) is 2.59. The smallest absolute Gasteiger partial charge is 0.120 e. The van der Waals surface area contributed by atoms with E-state index >= 15 is 0 Å². The minimum atomic E-state index is 0.230. The monoisotopic (exact) mass is 208 g/mol. The molecule has 0 bridgehead atoms. The first-order chi connectivity index (χ1) is 6.86. The summed E-state index contributed by atoms with van der Waals surface area (Å²) in [6.07, 6.45) is 3.51. The van der Waals surface area contributed by atoms with E-state index in [-0.39, 0.29) is 6.04 Å². The highest BCUT2D eigenvalue weighted by Crippen LogP contribution is 2.13. The number of furan rings is 1. The minimum absolute atomic E-state index is 0.230. The first-order valence-corrected chi connectivity index (χ1v) is 5.39. The third kappa shape index (κ3) is 2.21. The van der Waals surface area contributed by atoms with E-state index in [9.17, 15) is 0 Å². The Morgan fingerprint density at radius 2 is 2.57 bits per heavy atom. The highest BCUT2D eigenvalue weighted by molar-refractivity contribution is 7.09. The van der Waals surface area contributed by atoms with Gasteiger partial charge in [0.1, 0.15) is 10.8 Å². The van der Waals surface area contributed by atoms with Crippen molar-refractivity contribution in [2.24, 2.45) is 0 Å². The van der Waals surface area contributed by atoms with Gasteiger partial charge < -0.3 is 9.73 Å². The molecule has 3 nitrogen and oxygen atoms in total. The second-order valence-corrected chi connectivity index (χ2v) is 4.02. The normalized spacial score (nSPS) is 12.9. The van der Waals surface area contributed by atoms with E-state index in [1.54, 1.807) is 17.6 Å². The highest BCUT2D eigenvalue weighted by atomic mass is 32.1. The van der Waals surface area contributed by atoms with E-state index in [1.165, 1.54) is 0 Å². The summed E-state index contributed by atoms with van der Waals surface area (Å²) in [6.45, 7) is 2.87. The van der Waals surface area contributed by atoms with Crippen molar-refractivity contribution in [1.82, 2.24) is 10.3 Å². The molecular formula is C10H12N2OS. The summed E-state index contributed by atoms with van der Waals surface area (Å²) in [7, 11) is 0. The fourth-order valence-corrected chi connectivity index (χ4v) is 1.79. The van der Waals surface area contributed by atoms with Gasteiger partial charge in [-0.25, -0.2) is 4.98 Å². The maximum Gasteiger partial charge on any atom is 0.120 e. The topological polar surface area (TPSA) is 38.1 Å². The fraction of sp³-hybridized carbons (Fsp3) is 0.300. The quantitative estimate of drug-likeness (QED) is 0.839. The number of nitrogens with one attached hydrogen (secondary N) is 1. The molecule has 0 fully saturated rings. The van der Waals surface area contributed by atoms with Crippen LogP contribution in [-0.4, -0.2) is 4.98 Å². The van der Waals surface area contributed by atoms with Crippen LogP contribution in [0.15, 0.2) is 34.4 Å². The van der Waals surface area contributed by atoms with Crippen molar-refractivity contribution < 1.29 is 4.42 Å². The van der Waals surface area contributed by atoms with Crippen molar-refractivity contribution in [1.29, 1.82) is 0 Å². The van der Waals surface area contributed by atoms with Crippen molar-refractivity contribution in [3.05, 3.63) is 40.7 Å². The molecule has 0 saturated carbocycles. The predicted molar refractivity (Wildman–Crippen MR) is 56.1 cm³/mol. The summed E-state index contributed by atoms with van der Waals surface area (Å²) in [6, 6.07) is 4.10. The molecular weight excluding hydrogens is 196 g/mol. The third-order valence-electron chi connectivity index (χ3n) is 2.01. The maximum absolute atomic E-state index is 5.29. The van der Waals surface area contributed by atoms with Gasteiger partial charge in [-0.3, -0.25) is 0 Å². The van der Waals surface area contributed by atoms with Crippen LogP contribution in [0.3, 0.4) is 0 Å². The Morgan fingerprint density at radius 3 is 3.21 bits per heavy atom. The van der Waals surface area contributed by atoms with Crippen LogP contribution in [0.1, 0.15) is 23.7 Å². The van der Waals surface area contributed by atoms with Crippen LogP contribution in [0.25, 0.3) is 0 Å². The lowest BCUT2D eigenvalue weighted by Crippen LogP contribution is -2.17. The Labute approximate surface area is 86.8 Å². The first kappa shape index (κ1) is 9.43. The summed E-state index contributed by atoms with van der Waals surface area (Å²) in [5.41, 5.74) is 0. The molecule has 0 aliphatic heterocycles. The molecule has 14 heavy (non-hydrogen) atoms. The molecule has 0 aliphatic rings. The average Bonchev–Trinajstić information content (AvgIpc) is 2.87. The lowest BCUT2D eigenvalue weighted by molar-refractivity contribution is 0.430. The number of hydrogen-bond acceptors (Lipinski definition) is 4. The van der Waals surface area contributed by atoms with Gasteiger partial charge in [0, 0.05) is 18.1 Å². The Morgan fingerprint density at radius 1 is 1.64 bits per heavy atom. The second kappa shape index (κ2) is 4.39. The molecule has 1 N–H and O–H groups in total. The van der Waals surface area contributed by atoms with Gasteiger partial charge in [0.05, 0.1) is 12.3 Å². The Bertz CT molecular complexity index is 355. The minimum Gasteiger partial charge on any atom is -0.468 e. The molecule has 0 unspecified atom stereocenters. The van der Waals surface area contributed by atoms with Gasteiger partial charge in [0.2, 0.25) is 0 Å². The van der Waals surface area contributed by atoms with E-state index < -0.39 is 0 Å². The van der Waals surface area contributed by atoms with Gasteiger partial charge in [0.25, 0.3) is 0 Å². The van der Waals surface area contributed by atoms with E-state index in [1.807, 2.05) is 23.7 Å². The Kier molecular flexibility index (Phi) is 2.96. The van der Waals surface area contributed by atoms with Crippen LogP contribution in [0, 0.1) is 0 Å². The molecule has 0 amide bonds. The molecule has 0 radical (unpaired) electrons. The second-order valence-electron chi connectivity index (χ2n) is 3.04. The molecule has 2 aromatic heterocycles. The van der Waals surface area contributed by atoms with Gasteiger partial charge in [-0.05, 0) is 19.1 Å². The van der Waals surface area contributed by atoms with Gasteiger partial charge >= 0.3 is 0 Å². The lowest BCUT2D eigenvalue weighted by Gasteiger charge is -2.09. The number of aromatic nitrogens is 1. The zero-order valence-corrected chi connectivity index (χ0v) is 8.75. The molecule has 2 heterocycles. The highest BCUT2D eigenvalue weighted by Gasteiger charge is 2.07. The molecule has 0 aromatic carbocycles. The Hall–Kier alpha value is -1.13. The molecule has 2 rings (SSSR count). The van der Waals surface area contributed by atoms with E-state index in [0.717, 1.165) is 17.3 Å². The standard InChI is InChI=1S/C10H12N2OS/c1-8(9-3-2-5-13-9)12-7-10-11-4-6-14-10/h2-6,8,12H,7H2,1H3/t8-/m1/s1. The van der Waals surface area contributed by atoms with Crippen LogP contribution < -0.4 is 5.32 Å². The van der Waals surface area contributed by atoms with Crippen molar-refractivity contribution in [2.45, 2.75) is 19.5 Å². The molecule has 0 saturated heterocycles. The van der Waals surface area contributed by atoms with E-state index in [2.05, 4.69) is 17.2 Å². The van der Waals surface area contributed by atoms with Crippen LogP contribution in [0.4, 0.5) is 0 Å². The molecule has 0 aliphatic carbocycles. The Balaban J connectivity index is 1.87. The molecule has 4 heteroatoms. The van der Waals surface area contributed by atoms with E-state index in [4.69, 9.17) is 4.42 Å². The van der Waals surface area contributed by atoms with Crippen LogP contribution in [0.5, 0.6) is 0 Å². The van der Waals surface area contributed by atoms with Gasteiger partial charge in [-0.15, -0.1) is 11.3 Å². The summed E-state index contributed by atoms with van der Waals surface area (Å²) < 4.78 is 5.29. The largest absolute Gasteiger partial charge is 0.468 e. The van der Waals surface area contributed by atoms with Crippen molar-refractivity contribution in [3.63, 3.8) is 0 Å². The number of nitrogens with zero attached hydrogens (tertiary/aromatic N) is 1. The number of rotatable bonds is 4. The van der Waals surface area contributed by atoms with Gasteiger partial charge in [-0.1, -0.05) is 0 Å². The van der Waals surface area contributed by atoms with Crippen LogP contribution in [0.2, 0.25) is 0 Å². The number of hydrogen-bond donors (Lipinski definition) is 1. The zero-order chi connectivity index (χ0) is 9.80. The summed E-state index contributed by atoms with van der Waals surface area (Å²) in [5, 5.41) is 6.42. The molecule has 0 spiro atoms. The van der Waals surface area contributed by atoms with E-state index in [0.29, 0.717) is 0 Å². The zero-order valence-electron chi connectivity index (χ0n) is 7.93. The van der Waals surface area contributed by atoms with Crippen LogP contribution >= 0.6 is 11.3 Å². The molecule has 2 aromatic rings. The SMILES string of the molecule is C[C@@H](NCc1nccs1)c1ccco1. The van der Waals surface area contributed by atoms with Crippen LogP contribution in [-0.2, 0) is 6.54 Å². The van der Waals surface area contributed by atoms with Crippen molar-refractivity contribution in [3.8, 4) is 0 Å². The fourth-order valence-electron chi connectivity index (χ4n) is 1.22. The lowest BCUT2D eigenvalue weighted by atomic mass is 10.2. The summed E-state index contributed by atoms with van der Waals surface area (Å²) in [4.78, 5) is 4.19. The van der Waals surface area contributed by atoms with Gasteiger partial charge in [-0.2, -0.15) is 0 Å². The molecule has 1 atom stereocenters. The third-order valence-corrected chi connectivity index (χ3v) is 2.79. The van der Waals surface area contributed by atoms with Gasteiger partial charge in [0.15, 0.2) is 0 Å². The van der Waals surface area contributed by atoms with Crippen molar-refractivity contribution >= 4 is 11.3 Å². The molecule has 74 valence electrons. The first-order valence-electron chi connectivity index (χ1n) is 4.51. The van der Waals surface area contributed by atoms with Crippen molar-refractivity contribution in [2.75, 3.05) is 0 Å². The summed E-state index contributed by atoms with van der Waals surface area (Å²) in [5.74, 6) is 0.960. The summed E-state index contributed by atoms with van der Waals surface area (Å²) >= 11 is 1.66. The number of thiazole rings is 1.